The Kier molecular flexibility index (Phi) is 8.93. The van der Waals surface area contributed by atoms with E-state index >= 15 is 0 Å². The number of aliphatic hydroxyl groups excluding tert-OH is 1. The van der Waals surface area contributed by atoms with Crippen molar-refractivity contribution in [1.82, 2.24) is 20.7 Å². The Bertz CT molecular complexity index is 1040. The zero-order valence-corrected chi connectivity index (χ0v) is 19.7. The highest BCUT2D eigenvalue weighted by atomic mass is 16.5. The largest absolute Gasteiger partial charge is 0.465 e. The Hall–Kier alpha value is -3.52. The Labute approximate surface area is 199 Å². The lowest BCUT2D eigenvalue weighted by atomic mass is 9.82. The summed E-state index contributed by atoms with van der Waals surface area (Å²) in [5.74, 6) is -0.846. The summed E-state index contributed by atoms with van der Waals surface area (Å²) in [5.41, 5.74) is 2.27. The number of nitrogens with zero attached hydrogens (tertiary/aromatic N) is 2. The standard InChI is InChI=1S/C26H32N4O4/c1-3-4-14-34-25(33)26(2,18-31)16-22(28-24(32)23-17-27-30-29-23)15-19-10-12-21(13-11-19)20-8-6-5-7-9-20/h5-13,17,22,31H,3-4,14-16,18H2,1-2H3,(H,28,32)(H,27,29,30). The molecule has 1 aromatic heterocycles. The van der Waals surface area contributed by atoms with Crippen LogP contribution < -0.4 is 5.32 Å². The second-order valence-corrected chi connectivity index (χ2v) is 8.72. The average Bonchev–Trinajstić information content (AvgIpc) is 3.40. The molecule has 34 heavy (non-hydrogen) atoms. The molecule has 0 aliphatic carbocycles. The van der Waals surface area contributed by atoms with Crippen LogP contribution in [0.2, 0.25) is 0 Å². The zero-order valence-electron chi connectivity index (χ0n) is 19.7. The summed E-state index contributed by atoms with van der Waals surface area (Å²) in [7, 11) is 0. The van der Waals surface area contributed by atoms with Gasteiger partial charge in [-0.05, 0) is 42.9 Å². The maximum atomic E-state index is 12.8. The number of aromatic amines is 1. The fraction of sp³-hybridized carbons (Fsp3) is 0.385. The number of nitrogens with one attached hydrogen (secondary N) is 2. The number of aliphatic hydroxyl groups is 1. The van der Waals surface area contributed by atoms with Gasteiger partial charge < -0.3 is 15.2 Å². The van der Waals surface area contributed by atoms with Crippen molar-refractivity contribution >= 4 is 11.9 Å². The Morgan fingerprint density at radius 2 is 1.82 bits per heavy atom. The molecule has 3 rings (SSSR count). The van der Waals surface area contributed by atoms with Crippen LogP contribution in [0.25, 0.3) is 11.1 Å². The van der Waals surface area contributed by atoms with Gasteiger partial charge in [-0.15, -0.1) is 5.10 Å². The fourth-order valence-corrected chi connectivity index (χ4v) is 3.73. The van der Waals surface area contributed by atoms with Crippen LogP contribution in [0, 0.1) is 5.41 Å². The van der Waals surface area contributed by atoms with Crippen LogP contribution in [-0.2, 0) is 16.0 Å². The van der Waals surface area contributed by atoms with Gasteiger partial charge in [0.25, 0.3) is 5.91 Å². The van der Waals surface area contributed by atoms with Crippen molar-refractivity contribution in [3.63, 3.8) is 0 Å². The summed E-state index contributed by atoms with van der Waals surface area (Å²) in [4.78, 5) is 25.5. The summed E-state index contributed by atoms with van der Waals surface area (Å²) < 4.78 is 5.39. The number of carbonyl (C=O) groups is 2. The highest BCUT2D eigenvalue weighted by Crippen LogP contribution is 2.27. The molecule has 0 aliphatic heterocycles. The number of unbranched alkanes of at least 4 members (excludes halogenated alkanes) is 1. The first-order valence-corrected chi connectivity index (χ1v) is 11.5. The molecule has 180 valence electrons. The van der Waals surface area contributed by atoms with Gasteiger partial charge in [0.1, 0.15) is 5.69 Å². The first-order valence-electron chi connectivity index (χ1n) is 11.5. The molecule has 0 spiro atoms. The van der Waals surface area contributed by atoms with Crippen molar-refractivity contribution in [1.29, 1.82) is 0 Å². The number of H-pyrrole nitrogens is 1. The van der Waals surface area contributed by atoms with Crippen molar-refractivity contribution in [3.8, 4) is 11.1 Å². The van der Waals surface area contributed by atoms with E-state index in [2.05, 4.69) is 20.7 Å². The van der Waals surface area contributed by atoms with Crippen LogP contribution >= 0.6 is 0 Å². The first-order chi connectivity index (χ1) is 16.4. The molecule has 0 aliphatic rings. The van der Waals surface area contributed by atoms with Crippen LogP contribution in [0.1, 0.15) is 49.2 Å². The molecule has 1 heterocycles. The van der Waals surface area contributed by atoms with Crippen LogP contribution in [0.3, 0.4) is 0 Å². The minimum atomic E-state index is -1.15. The number of amides is 1. The molecule has 2 atom stereocenters. The number of aromatic nitrogens is 3. The minimum Gasteiger partial charge on any atom is -0.465 e. The Morgan fingerprint density at radius 3 is 2.44 bits per heavy atom. The summed E-state index contributed by atoms with van der Waals surface area (Å²) >= 11 is 0. The Morgan fingerprint density at radius 1 is 1.12 bits per heavy atom. The molecule has 2 aromatic carbocycles. The number of carbonyl (C=O) groups excluding carboxylic acids is 2. The molecule has 0 bridgehead atoms. The second kappa shape index (κ2) is 12.1. The molecule has 2 unspecified atom stereocenters. The maximum Gasteiger partial charge on any atom is 0.314 e. The fourth-order valence-electron chi connectivity index (χ4n) is 3.73. The number of ether oxygens (including phenoxy) is 1. The number of rotatable bonds is 12. The van der Waals surface area contributed by atoms with E-state index in [0.29, 0.717) is 13.0 Å². The normalized spacial score (nSPS) is 13.6. The zero-order chi connectivity index (χ0) is 24.4. The van der Waals surface area contributed by atoms with E-state index in [1.807, 2.05) is 61.5 Å². The van der Waals surface area contributed by atoms with Gasteiger partial charge in [-0.25, -0.2) is 0 Å². The molecule has 8 heteroatoms. The van der Waals surface area contributed by atoms with Gasteiger partial charge in [0.15, 0.2) is 0 Å². The first kappa shape index (κ1) is 25.1. The molecule has 1 amide bonds. The van der Waals surface area contributed by atoms with E-state index < -0.39 is 17.4 Å². The van der Waals surface area contributed by atoms with Crippen LogP contribution in [0.15, 0.2) is 60.8 Å². The number of esters is 1. The van der Waals surface area contributed by atoms with E-state index in [4.69, 9.17) is 4.74 Å². The predicted molar refractivity (Wildman–Crippen MR) is 129 cm³/mol. The number of benzene rings is 2. The second-order valence-electron chi connectivity index (χ2n) is 8.72. The maximum absolute atomic E-state index is 12.8. The van der Waals surface area contributed by atoms with Gasteiger partial charge in [-0.3, -0.25) is 14.7 Å². The minimum absolute atomic E-state index is 0.211. The number of hydrogen-bond acceptors (Lipinski definition) is 6. The third-order valence-corrected chi connectivity index (χ3v) is 5.81. The molecule has 0 fully saturated rings. The van der Waals surface area contributed by atoms with Gasteiger partial charge in [0, 0.05) is 6.04 Å². The van der Waals surface area contributed by atoms with Gasteiger partial charge >= 0.3 is 5.97 Å². The molecule has 3 N–H and O–H groups in total. The molecule has 8 nitrogen and oxygen atoms in total. The predicted octanol–water partition coefficient (Wildman–Crippen LogP) is 3.54. The van der Waals surface area contributed by atoms with Crippen molar-refractivity contribution in [2.75, 3.05) is 13.2 Å². The smallest absolute Gasteiger partial charge is 0.314 e. The summed E-state index contributed by atoms with van der Waals surface area (Å²) in [6.45, 7) is 3.60. The molecular formula is C26H32N4O4. The summed E-state index contributed by atoms with van der Waals surface area (Å²) in [6.07, 6.45) is 3.68. The van der Waals surface area contributed by atoms with Crippen molar-refractivity contribution in [2.45, 2.75) is 45.6 Å². The van der Waals surface area contributed by atoms with Crippen molar-refractivity contribution in [3.05, 3.63) is 72.1 Å². The molecule has 0 saturated carbocycles. The van der Waals surface area contributed by atoms with Crippen LogP contribution in [-0.4, -0.2) is 51.6 Å². The van der Waals surface area contributed by atoms with E-state index in [0.717, 1.165) is 29.5 Å². The molecule has 0 radical (unpaired) electrons. The van der Waals surface area contributed by atoms with Gasteiger partial charge in [0.2, 0.25) is 0 Å². The lowest BCUT2D eigenvalue weighted by Crippen LogP contribution is -2.44. The lowest BCUT2D eigenvalue weighted by molar-refractivity contribution is -0.158. The SMILES string of the molecule is CCCCOC(=O)C(C)(CO)CC(Cc1ccc(-c2ccccc2)cc1)NC(=O)c1cnn[nH]1. The molecule has 3 aromatic rings. The van der Waals surface area contributed by atoms with Crippen LogP contribution in [0.5, 0.6) is 0 Å². The van der Waals surface area contributed by atoms with Crippen molar-refractivity contribution in [2.24, 2.45) is 5.41 Å². The van der Waals surface area contributed by atoms with Crippen LogP contribution in [0.4, 0.5) is 0 Å². The summed E-state index contributed by atoms with van der Waals surface area (Å²) in [5, 5.41) is 22.8. The highest BCUT2D eigenvalue weighted by Gasteiger charge is 2.37. The van der Waals surface area contributed by atoms with Gasteiger partial charge in [-0.1, -0.05) is 73.2 Å². The van der Waals surface area contributed by atoms with Gasteiger partial charge in [0.05, 0.1) is 24.8 Å². The monoisotopic (exact) mass is 464 g/mol. The molecule has 0 saturated heterocycles. The Balaban J connectivity index is 1.77. The number of hydrogen-bond donors (Lipinski definition) is 3. The van der Waals surface area contributed by atoms with Gasteiger partial charge in [-0.2, -0.15) is 0 Å². The topological polar surface area (TPSA) is 117 Å². The van der Waals surface area contributed by atoms with E-state index in [9.17, 15) is 14.7 Å². The van der Waals surface area contributed by atoms with E-state index in [-0.39, 0.29) is 24.6 Å². The third-order valence-electron chi connectivity index (χ3n) is 5.81. The average molecular weight is 465 g/mol. The summed E-state index contributed by atoms with van der Waals surface area (Å²) in [6, 6.07) is 17.7. The van der Waals surface area contributed by atoms with E-state index in [1.165, 1.54) is 6.20 Å². The highest BCUT2D eigenvalue weighted by molar-refractivity contribution is 5.92. The van der Waals surface area contributed by atoms with E-state index in [1.54, 1.807) is 6.92 Å². The quantitative estimate of drug-likeness (QED) is 0.279. The van der Waals surface area contributed by atoms with Crippen molar-refractivity contribution < 1.29 is 19.4 Å². The third kappa shape index (κ3) is 6.74. The molecular weight excluding hydrogens is 432 g/mol. The lowest BCUT2D eigenvalue weighted by Gasteiger charge is -2.30.